The molecule has 2 saturated heterocycles. The predicted molar refractivity (Wildman–Crippen MR) is 68.8 cm³/mol. The van der Waals surface area contributed by atoms with Crippen LogP contribution in [0.3, 0.4) is 0 Å². The molecule has 0 spiro atoms. The van der Waals surface area contributed by atoms with Crippen molar-refractivity contribution >= 4 is 12.0 Å². The Balaban J connectivity index is 2.12. The highest BCUT2D eigenvalue weighted by Crippen LogP contribution is 2.36. The maximum absolute atomic E-state index is 12.5. The third kappa shape index (κ3) is 2.83. The minimum Gasteiger partial charge on any atom is -0.480 e. The van der Waals surface area contributed by atoms with Gasteiger partial charge in [0, 0.05) is 18.1 Å². The number of carbonyl (C=O) groups excluding carboxylic acids is 1. The molecule has 2 bridgehead atoms. The number of aliphatic hydroxyl groups is 1. The zero-order valence-corrected chi connectivity index (χ0v) is 11.5. The molecule has 2 N–H and O–H groups in total. The van der Waals surface area contributed by atoms with Crippen LogP contribution in [0, 0.1) is 0 Å². The lowest BCUT2D eigenvalue weighted by Gasteiger charge is -2.40. The Morgan fingerprint density at radius 3 is 2.21 bits per heavy atom. The molecule has 0 radical (unpaired) electrons. The summed E-state index contributed by atoms with van der Waals surface area (Å²) in [6.45, 7) is 3.37. The van der Waals surface area contributed by atoms with E-state index in [1.807, 2.05) is 13.8 Å². The second kappa shape index (κ2) is 5.36. The number of aliphatic hydroxyl groups excluding tert-OH is 1. The number of rotatable bonds is 3. The first-order valence-corrected chi connectivity index (χ1v) is 6.89. The fraction of sp³-hybridized carbons (Fsp3) is 0.846. The van der Waals surface area contributed by atoms with Crippen LogP contribution >= 0.6 is 0 Å². The van der Waals surface area contributed by atoms with E-state index in [0.717, 1.165) is 12.8 Å². The Labute approximate surface area is 113 Å². The molecule has 2 amide bonds. The lowest BCUT2D eigenvalue weighted by molar-refractivity contribution is -0.138. The Morgan fingerprint density at radius 1 is 1.26 bits per heavy atom. The third-order valence-electron chi connectivity index (χ3n) is 4.10. The number of piperidine rings is 1. The van der Waals surface area contributed by atoms with E-state index in [9.17, 15) is 14.7 Å². The maximum atomic E-state index is 12.5. The van der Waals surface area contributed by atoms with Gasteiger partial charge in [-0.15, -0.1) is 0 Å². The molecule has 0 saturated carbocycles. The van der Waals surface area contributed by atoms with E-state index in [2.05, 4.69) is 0 Å². The number of hydrogen-bond donors (Lipinski definition) is 2. The normalized spacial score (nSPS) is 29.7. The summed E-state index contributed by atoms with van der Waals surface area (Å²) in [5, 5.41) is 18.7. The first-order chi connectivity index (χ1) is 8.90. The van der Waals surface area contributed by atoms with Crippen LogP contribution in [-0.4, -0.2) is 62.8 Å². The van der Waals surface area contributed by atoms with Gasteiger partial charge < -0.3 is 20.0 Å². The number of fused-ring (bicyclic) bond motifs is 2. The topological polar surface area (TPSA) is 81.1 Å². The van der Waals surface area contributed by atoms with Crippen molar-refractivity contribution in [3.05, 3.63) is 0 Å². The average molecular weight is 270 g/mol. The molecule has 2 heterocycles. The van der Waals surface area contributed by atoms with Crippen LogP contribution in [-0.2, 0) is 4.79 Å². The lowest BCUT2D eigenvalue weighted by atomic mass is 10.0. The number of aliphatic carboxylic acids is 1. The highest BCUT2D eigenvalue weighted by molar-refractivity contribution is 5.81. The van der Waals surface area contributed by atoms with Crippen molar-refractivity contribution in [1.82, 2.24) is 9.80 Å². The number of urea groups is 1. The van der Waals surface area contributed by atoms with Gasteiger partial charge in [-0.25, -0.2) is 4.79 Å². The number of nitrogens with zero attached hydrogens (tertiary/aromatic N) is 2. The van der Waals surface area contributed by atoms with Gasteiger partial charge in [0.25, 0.3) is 0 Å². The summed E-state index contributed by atoms with van der Waals surface area (Å²) in [4.78, 5) is 26.6. The average Bonchev–Trinajstić information content (AvgIpc) is 2.57. The fourth-order valence-corrected chi connectivity index (χ4v) is 3.23. The van der Waals surface area contributed by atoms with Gasteiger partial charge in [-0.2, -0.15) is 0 Å². The third-order valence-corrected chi connectivity index (χ3v) is 4.10. The van der Waals surface area contributed by atoms with E-state index >= 15 is 0 Å². The molecule has 2 aliphatic heterocycles. The van der Waals surface area contributed by atoms with Gasteiger partial charge in [0.15, 0.2) is 0 Å². The zero-order chi connectivity index (χ0) is 14.2. The summed E-state index contributed by atoms with van der Waals surface area (Å²) < 4.78 is 0. The quantitative estimate of drug-likeness (QED) is 0.798. The second-order valence-corrected chi connectivity index (χ2v) is 5.82. The van der Waals surface area contributed by atoms with Crippen molar-refractivity contribution in [2.75, 3.05) is 6.54 Å². The molecule has 0 aliphatic carbocycles. The molecular weight excluding hydrogens is 248 g/mol. The van der Waals surface area contributed by atoms with E-state index in [0.29, 0.717) is 12.8 Å². The molecule has 6 heteroatoms. The van der Waals surface area contributed by atoms with Crippen LogP contribution in [0.25, 0.3) is 0 Å². The van der Waals surface area contributed by atoms with Gasteiger partial charge in [0.1, 0.15) is 6.54 Å². The number of amides is 2. The van der Waals surface area contributed by atoms with Crippen molar-refractivity contribution in [1.29, 1.82) is 0 Å². The van der Waals surface area contributed by atoms with Gasteiger partial charge in [-0.05, 0) is 39.5 Å². The van der Waals surface area contributed by atoms with Gasteiger partial charge in [0.2, 0.25) is 0 Å². The van der Waals surface area contributed by atoms with Crippen molar-refractivity contribution in [2.24, 2.45) is 0 Å². The summed E-state index contributed by atoms with van der Waals surface area (Å²) in [6.07, 6.45) is 2.72. The minimum atomic E-state index is -0.994. The zero-order valence-electron chi connectivity index (χ0n) is 11.5. The summed E-state index contributed by atoms with van der Waals surface area (Å²) in [5.41, 5.74) is 0. The molecule has 0 aromatic heterocycles. The summed E-state index contributed by atoms with van der Waals surface area (Å²) >= 11 is 0. The molecule has 108 valence electrons. The largest absolute Gasteiger partial charge is 0.480 e. The van der Waals surface area contributed by atoms with Crippen molar-refractivity contribution < 1.29 is 19.8 Å². The first-order valence-electron chi connectivity index (χ1n) is 6.89. The van der Waals surface area contributed by atoms with Crippen molar-refractivity contribution in [3.63, 3.8) is 0 Å². The second-order valence-electron chi connectivity index (χ2n) is 5.82. The van der Waals surface area contributed by atoms with Gasteiger partial charge in [-0.3, -0.25) is 4.79 Å². The Morgan fingerprint density at radius 2 is 1.79 bits per heavy atom. The molecular formula is C13H22N2O4. The summed E-state index contributed by atoms with van der Waals surface area (Å²) in [7, 11) is 0. The molecule has 2 rings (SSSR count). The molecule has 2 fully saturated rings. The van der Waals surface area contributed by atoms with E-state index in [1.165, 1.54) is 4.90 Å². The smallest absolute Gasteiger partial charge is 0.323 e. The summed E-state index contributed by atoms with van der Waals surface area (Å²) in [6, 6.07) is -0.209. The van der Waals surface area contributed by atoms with E-state index in [4.69, 9.17) is 5.11 Å². The Kier molecular flexibility index (Phi) is 3.99. The molecule has 19 heavy (non-hydrogen) atoms. The van der Waals surface area contributed by atoms with Crippen molar-refractivity contribution in [2.45, 2.75) is 63.8 Å². The highest BCUT2D eigenvalue weighted by Gasteiger charge is 2.44. The SMILES string of the molecule is CC(C)N(CC(=O)O)C(=O)N1C2CCC1CC(O)C2. The van der Waals surface area contributed by atoms with Crippen LogP contribution in [0.1, 0.15) is 39.5 Å². The predicted octanol–water partition coefficient (Wildman–Crippen LogP) is 0.889. The number of carbonyl (C=O) groups is 2. The van der Waals surface area contributed by atoms with Gasteiger partial charge in [0.05, 0.1) is 6.10 Å². The van der Waals surface area contributed by atoms with Crippen LogP contribution in [0.15, 0.2) is 0 Å². The standard InChI is InChI=1S/C13H22N2O4/c1-8(2)14(7-12(17)18)13(19)15-9-3-4-10(15)6-11(16)5-9/h8-11,16H,3-7H2,1-2H3,(H,17,18). The van der Waals surface area contributed by atoms with E-state index in [-0.39, 0.29) is 36.8 Å². The van der Waals surface area contributed by atoms with Gasteiger partial charge in [-0.1, -0.05) is 0 Å². The summed E-state index contributed by atoms with van der Waals surface area (Å²) in [5.74, 6) is -0.994. The number of carboxylic acid groups (broad SMARTS) is 1. The van der Waals surface area contributed by atoms with Crippen LogP contribution in [0.5, 0.6) is 0 Å². The minimum absolute atomic E-state index is 0.0660. The number of carboxylic acids is 1. The molecule has 0 aromatic carbocycles. The molecule has 0 aromatic rings. The Hall–Kier alpha value is -1.30. The molecule has 6 nitrogen and oxygen atoms in total. The Bertz CT molecular complexity index is 358. The van der Waals surface area contributed by atoms with Crippen LogP contribution in [0.4, 0.5) is 4.79 Å². The molecule has 2 atom stereocenters. The maximum Gasteiger partial charge on any atom is 0.323 e. The fourth-order valence-electron chi connectivity index (χ4n) is 3.23. The molecule has 2 aliphatic rings. The molecule has 2 unspecified atom stereocenters. The van der Waals surface area contributed by atoms with Crippen LogP contribution < -0.4 is 0 Å². The van der Waals surface area contributed by atoms with Gasteiger partial charge >= 0.3 is 12.0 Å². The van der Waals surface area contributed by atoms with E-state index in [1.54, 1.807) is 4.90 Å². The number of hydrogen-bond acceptors (Lipinski definition) is 3. The van der Waals surface area contributed by atoms with Crippen molar-refractivity contribution in [3.8, 4) is 0 Å². The van der Waals surface area contributed by atoms with Crippen LogP contribution in [0.2, 0.25) is 0 Å². The van der Waals surface area contributed by atoms with E-state index < -0.39 is 5.97 Å². The monoisotopic (exact) mass is 270 g/mol. The highest BCUT2D eigenvalue weighted by atomic mass is 16.4. The first kappa shape index (κ1) is 14.1. The lowest BCUT2D eigenvalue weighted by Crippen LogP contribution is -2.55.